The molecule has 0 aliphatic carbocycles. The van der Waals surface area contributed by atoms with Crippen LogP contribution in [0.25, 0.3) is 11.4 Å². The first kappa shape index (κ1) is 17.1. The van der Waals surface area contributed by atoms with Crippen LogP contribution in [0.4, 0.5) is 5.82 Å². The van der Waals surface area contributed by atoms with Gasteiger partial charge in [0.1, 0.15) is 11.6 Å². The normalized spacial score (nSPS) is 20.5. The molecular formula is C18H23N5O2. The Labute approximate surface area is 146 Å². The van der Waals surface area contributed by atoms with Crippen LogP contribution in [0.5, 0.6) is 0 Å². The quantitative estimate of drug-likeness (QED) is 0.876. The summed E-state index contributed by atoms with van der Waals surface area (Å²) >= 11 is 0. The van der Waals surface area contributed by atoms with Gasteiger partial charge in [-0.3, -0.25) is 9.59 Å². The summed E-state index contributed by atoms with van der Waals surface area (Å²) in [7, 11) is 0. The van der Waals surface area contributed by atoms with Gasteiger partial charge in [0, 0.05) is 36.1 Å². The van der Waals surface area contributed by atoms with Gasteiger partial charge in [-0.25, -0.2) is 9.97 Å². The molecule has 7 heteroatoms. The minimum absolute atomic E-state index is 0.142. The van der Waals surface area contributed by atoms with Crippen molar-refractivity contribution in [3.05, 3.63) is 40.4 Å². The molecule has 3 rings (SSSR count). The first-order valence-corrected chi connectivity index (χ1v) is 8.60. The predicted octanol–water partition coefficient (Wildman–Crippen LogP) is 1.48. The predicted molar refractivity (Wildman–Crippen MR) is 96.2 cm³/mol. The van der Waals surface area contributed by atoms with E-state index >= 15 is 0 Å². The molecule has 132 valence electrons. The summed E-state index contributed by atoms with van der Waals surface area (Å²) < 4.78 is 0. The van der Waals surface area contributed by atoms with Gasteiger partial charge < -0.3 is 15.6 Å². The fourth-order valence-corrected chi connectivity index (χ4v) is 3.18. The molecule has 0 unspecified atom stereocenters. The van der Waals surface area contributed by atoms with E-state index in [0.29, 0.717) is 24.8 Å². The maximum Gasteiger partial charge on any atom is 0.251 e. The fourth-order valence-electron chi connectivity index (χ4n) is 3.18. The number of amides is 1. The van der Waals surface area contributed by atoms with Crippen molar-refractivity contribution in [3.8, 4) is 11.4 Å². The van der Waals surface area contributed by atoms with Crippen molar-refractivity contribution in [1.29, 1.82) is 0 Å². The van der Waals surface area contributed by atoms with E-state index in [2.05, 4.69) is 26.8 Å². The molecule has 0 bridgehead atoms. The third-order valence-corrected chi connectivity index (χ3v) is 4.76. The van der Waals surface area contributed by atoms with Crippen molar-refractivity contribution >= 4 is 11.7 Å². The molecule has 7 nitrogen and oxygen atoms in total. The minimum Gasteiger partial charge on any atom is -0.369 e. The van der Waals surface area contributed by atoms with Gasteiger partial charge in [0.05, 0.1) is 5.92 Å². The number of anilines is 1. The Kier molecular flexibility index (Phi) is 4.83. The maximum absolute atomic E-state index is 11.7. The first-order valence-electron chi connectivity index (χ1n) is 8.60. The van der Waals surface area contributed by atoms with Crippen LogP contribution in [0, 0.1) is 5.92 Å². The van der Waals surface area contributed by atoms with Crippen LogP contribution in [0.2, 0.25) is 0 Å². The molecule has 1 amide bonds. The molecule has 2 aromatic rings. The van der Waals surface area contributed by atoms with E-state index in [1.54, 1.807) is 6.20 Å². The Bertz CT molecular complexity index is 815. The van der Waals surface area contributed by atoms with Gasteiger partial charge in [0.2, 0.25) is 5.91 Å². The molecule has 1 aliphatic rings. The zero-order chi connectivity index (χ0) is 18.0. The summed E-state index contributed by atoms with van der Waals surface area (Å²) in [4.78, 5) is 37.1. The molecule has 0 saturated carbocycles. The summed E-state index contributed by atoms with van der Waals surface area (Å²) in [6, 6.07) is 5.59. The highest BCUT2D eigenvalue weighted by Gasteiger charge is 2.29. The summed E-state index contributed by atoms with van der Waals surface area (Å²) in [5.41, 5.74) is 6.80. The highest BCUT2D eigenvalue weighted by Crippen LogP contribution is 2.27. The Balaban J connectivity index is 1.86. The number of nitrogens with two attached hydrogens (primary N) is 1. The van der Waals surface area contributed by atoms with E-state index in [4.69, 9.17) is 5.73 Å². The average molecular weight is 341 g/mol. The second kappa shape index (κ2) is 7.04. The van der Waals surface area contributed by atoms with E-state index in [-0.39, 0.29) is 17.4 Å². The number of aromatic nitrogens is 3. The lowest BCUT2D eigenvalue weighted by atomic mass is 9.93. The Morgan fingerprint density at radius 2 is 2.20 bits per heavy atom. The van der Waals surface area contributed by atoms with E-state index < -0.39 is 0 Å². The Morgan fingerprint density at radius 3 is 2.84 bits per heavy atom. The van der Waals surface area contributed by atoms with Gasteiger partial charge >= 0.3 is 0 Å². The largest absolute Gasteiger partial charge is 0.369 e. The highest BCUT2D eigenvalue weighted by atomic mass is 16.1. The van der Waals surface area contributed by atoms with Gasteiger partial charge in [-0.1, -0.05) is 6.92 Å². The number of pyridine rings is 1. The maximum atomic E-state index is 11.7. The van der Waals surface area contributed by atoms with Crippen molar-refractivity contribution < 1.29 is 4.79 Å². The van der Waals surface area contributed by atoms with Gasteiger partial charge in [0.15, 0.2) is 0 Å². The van der Waals surface area contributed by atoms with Crippen LogP contribution in [0.1, 0.15) is 32.4 Å². The third kappa shape index (κ3) is 3.70. The fraction of sp³-hybridized carbons (Fsp3) is 0.444. The molecule has 0 radical (unpaired) electrons. The van der Waals surface area contributed by atoms with Crippen LogP contribution in [-0.4, -0.2) is 33.4 Å². The topological polar surface area (TPSA) is 105 Å². The van der Waals surface area contributed by atoms with Crippen molar-refractivity contribution in [2.45, 2.75) is 39.2 Å². The number of primary amides is 1. The molecule has 2 atom stereocenters. The van der Waals surface area contributed by atoms with E-state index in [0.717, 1.165) is 29.9 Å². The van der Waals surface area contributed by atoms with E-state index in [1.165, 1.54) is 6.07 Å². The van der Waals surface area contributed by atoms with Gasteiger partial charge in [-0.05, 0) is 38.3 Å². The molecular weight excluding hydrogens is 318 g/mol. The summed E-state index contributed by atoms with van der Waals surface area (Å²) in [5, 5.41) is 0. The number of rotatable bonds is 4. The number of aryl methyl sites for hydroxylation is 1. The number of nitrogens with zero attached hydrogens (tertiary/aromatic N) is 3. The first-order chi connectivity index (χ1) is 12.0. The highest BCUT2D eigenvalue weighted by molar-refractivity contribution is 5.77. The Hall–Kier alpha value is -2.70. The summed E-state index contributed by atoms with van der Waals surface area (Å²) in [6.07, 6.45) is 4.13. The smallest absolute Gasteiger partial charge is 0.251 e. The van der Waals surface area contributed by atoms with E-state index in [9.17, 15) is 9.59 Å². The molecule has 2 aromatic heterocycles. The number of nitrogens with one attached hydrogen (secondary N) is 1. The molecule has 1 saturated heterocycles. The van der Waals surface area contributed by atoms with E-state index in [1.807, 2.05) is 19.1 Å². The van der Waals surface area contributed by atoms with Gasteiger partial charge in [-0.2, -0.15) is 0 Å². The van der Waals surface area contributed by atoms with Crippen LogP contribution in [0.3, 0.4) is 0 Å². The number of carbonyl (C=O) groups excluding carboxylic acids is 1. The number of piperidine rings is 1. The van der Waals surface area contributed by atoms with Gasteiger partial charge in [0.25, 0.3) is 5.56 Å². The zero-order valence-electron chi connectivity index (χ0n) is 14.5. The SMILES string of the molecule is CCc1cc(=O)[nH]c(-c2ccc(N3C[C@H](C(N)=O)CC[C@H]3C)nc2)n1. The molecule has 0 spiro atoms. The van der Waals surface area contributed by atoms with Crippen molar-refractivity contribution in [2.24, 2.45) is 11.7 Å². The summed E-state index contributed by atoms with van der Waals surface area (Å²) in [6.45, 7) is 4.67. The number of hydrogen-bond acceptors (Lipinski definition) is 5. The van der Waals surface area contributed by atoms with Crippen molar-refractivity contribution in [2.75, 3.05) is 11.4 Å². The molecule has 25 heavy (non-hydrogen) atoms. The van der Waals surface area contributed by atoms with Gasteiger partial charge in [-0.15, -0.1) is 0 Å². The zero-order valence-corrected chi connectivity index (χ0v) is 14.5. The van der Waals surface area contributed by atoms with Crippen LogP contribution in [0.15, 0.2) is 29.2 Å². The number of aromatic amines is 1. The molecule has 3 heterocycles. The van der Waals surface area contributed by atoms with Crippen LogP contribution >= 0.6 is 0 Å². The standard InChI is InChI=1S/C18H23N5O2/c1-3-14-8-16(24)22-18(21-14)12-6-7-15(20-9-12)23-10-13(17(19)25)5-4-11(23)2/h6-9,11,13H,3-5,10H2,1-2H3,(H2,19,25)(H,21,22,24)/t11-,13-/m1/s1. The lowest BCUT2D eigenvalue weighted by molar-refractivity contribution is -0.122. The second-order valence-corrected chi connectivity index (χ2v) is 6.52. The second-order valence-electron chi connectivity index (χ2n) is 6.52. The molecule has 1 fully saturated rings. The number of H-pyrrole nitrogens is 1. The number of hydrogen-bond donors (Lipinski definition) is 2. The average Bonchev–Trinajstić information content (AvgIpc) is 2.61. The lowest BCUT2D eigenvalue weighted by Crippen LogP contribution is -2.46. The minimum atomic E-state index is -0.258. The van der Waals surface area contributed by atoms with Crippen LogP contribution < -0.4 is 16.2 Å². The number of carbonyl (C=O) groups is 1. The molecule has 1 aliphatic heterocycles. The van der Waals surface area contributed by atoms with Crippen molar-refractivity contribution in [1.82, 2.24) is 15.0 Å². The molecule has 3 N–H and O–H groups in total. The molecule has 0 aromatic carbocycles. The van der Waals surface area contributed by atoms with Crippen molar-refractivity contribution in [3.63, 3.8) is 0 Å². The third-order valence-electron chi connectivity index (χ3n) is 4.76. The lowest BCUT2D eigenvalue weighted by Gasteiger charge is -2.37. The monoisotopic (exact) mass is 341 g/mol. The Morgan fingerprint density at radius 1 is 1.40 bits per heavy atom. The summed E-state index contributed by atoms with van der Waals surface area (Å²) in [5.74, 6) is 0.921. The van der Waals surface area contributed by atoms with Crippen LogP contribution in [-0.2, 0) is 11.2 Å².